The molecule has 26 heavy (non-hydrogen) atoms. The Balaban J connectivity index is 0.00000338. The smallest absolute Gasteiger partial charge is 0.240 e. The maximum absolute atomic E-state index is 12.2. The van der Waals surface area contributed by atoms with Crippen molar-refractivity contribution in [2.24, 2.45) is 4.99 Å². The topological polar surface area (TPSA) is 82.6 Å². The Hall–Kier alpha value is -1.17. The van der Waals surface area contributed by atoms with Crippen molar-refractivity contribution < 1.29 is 8.42 Å². The molecule has 2 aromatic rings. The summed E-state index contributed by atoms with van der Waals surface area (Å²) in [7, 11) is -1.79. The minimum Gasteiger partial charge on any atom is -0.356 e. The lowest BCUT2D eigenvalue weighted by Gasteiger charge is -2.12. The SMILES string of the molecule is CN=C(NCCNS(=O)(=O)c1ccc(C)cc1)NCCc1cccs1.I. The summed E-state index contributed by atoms with van der Waals surface area (Å²) in [4.78, 5) is 5.72. The lowest BCUT2D eigenvalue weighted by Crippen LogP contribution is -2.42. The van der Waals surface area contributed by atoms with Crippen LogP contribution in [0.2, 0.25) is 0 Å². The molecule has 0 saturated heterocycles. The zero-order chi connectivity index (χ0) is 18.1. The summed E-state index contributed by atoms with van der Waals surface area (Å²) in [5.74, 6) is 0.658. The number of nitrogens with one attached hydrogen (secondary N) is 3. The zero-order valence-corrected chi connectivity index (χ0v) is 18.8. The Morgan fingerprint density at radius 2 is 1.77 bits per heavy atom. The molecule has 1 aromatic heterocycles. The molecule has 144 valence electrons. The normalized spacial score (nSPS) is 11.7. The first kappa shape index (κ1) is 22.9. The van der Waals surface area contributed by atoms with Gasteiger partial charge in [0.05, 0.1) is 4.90 Å². The van der Waals surface area contributed by atoms with Gasteiger partial charge in [-0.05, 0) is 36.9 Å². The Kier molecular flexibility index (Phi) is 10.1. The van der Waals surface area contributed by atoms with Crippen molar-refractivity contribution in [3.63, 3.8) is 0 Å². The minimum absolute atomic E-state index is 0. The van der Waals surface area contributed by atoms with E-state index in [0.29, 0.717) is 12.5 Å². The van der Waals surface area contributed by atoms with Crippen LogP contribution in [0.15, 0.2) is 51.7 Å². The van der Waals surface area contributed by atoms with Gasteiger partial charge in [0.25, 0.3) is 0 Å². The van der Waals surface area contributed by atoms with Crippen molar-refractivity contribution in [2.45, 2.75) is 18.2 Å². The molecule has 0 aliphatic heterocycles. The third-order valence-electron chi connectivity index (χ3n) is 3.51. The standard InChI is InChI=1S/C17H24N4O2S2.HI/c1-14-5-7-16(8-6-14)25(22,23)21-12-11-20-17(18-2)19-10-9-15-4-3-13-24-15;/h3-8,13,21H,9-12H2,1-2H3,(H2,18,19,20);1H. The van der Waals surface area contributed by atoms with Crippen molar-refractivity contribution >= 4 is 51.3 Å². The number of halogens is 1. The summed E-state index contributed by atoms with van der Waals surface area (Å²) >= 11 is 1.73. The van der Waals surface area contributed by atoms with Crippen molar-refractivity contribution in [3.05, 3.63) is 52.2 Å². The quantitative estimate of drug-likeness (QED) is 0.221. The van der Waals surface area contributed by atoms with E-state index in [1.165, 1.54) is 4.88 Å². The van der Waals surface area contributed by atoms with E-state index in [-0.39, 0.29) is 35.4 Å². The van der Waals surface area contributed by atoms with Gasteiger partial charge in [-0.15, -0.1) is 35.3 Å². The van der Waals surface area contributed by atoms with Crippen LogP contribution in [-0.2, 0) is 16.4 Å². The van der Waals surface area contributed by atoms with Crippen molar-refractivity contribution in [1.82, 2.24) is 15.4 Å². The maximum Gasteiger partial charge on any atom is 0.240 e. The number of sulfonamides is 1. The number of benzene rings is 1. The van der Waals surface area contributed by atoms with Crippen LogP contribution in [0.4, 0.5) is 0 Å². The van der Waals surface area contributed by atoms with Gasteiger partial charge in [-0.2, -0.15) is 0 Å². The summed E-state index contributed by atoms with van der Waals surface area (Å²) < 4.78 is 26.9. The van der Waals surface area contributed by atoms with Gasteiger partial charge in [0.2, 0.25) is 10.0 Å². The molecule has 0 radical (unpaired) electrons. The molecular formula is C17H25IN4O2S2. The number of aryl methyl sites for hydroxylation is 1. The molecule has 0 aliphatic carbocycles. The minimum atomic E-state index is -3.48. The first-order valence-electron chi connectivity index (χ1n) is 8.04. The molecular weight excluding hydrogens is 483 g/mol. The van der Waals surface area contributed by atoms with Crippen LogP contribution in [0.3, 0.4) is 0 Å². The molecule has 0 amide bonds. The van der Waals surface area contributed by atoms with Crippen LogP contribution < -0.4 is 15.4 Å². The molecule has 9 heteroatoms. The van der Waals surface area contributed by atoms with Gasteiger partial charge >= 0.3 is 0 Å². The third-order valence-corrected chi connectivity index (χ3v) is 5.92. The van der Waals surface area contributed by atoms with Crippen LogP contribution in [0.25, 0.3) is 0 Å². The Labute approximate surface area is 176 Å². The van der Waals surface area contributed by atoms with E-state index in [1.54, 1.807) is 42.6 Å². The molecule has 6 nitrogen and oxygen atoms in total. The number of rotatable bonds is 8. The molecule has 1 aromatic carbocycles. The van der Waals surface area contributed by atoms with Gasteiger partial charge < -0.3 is 10.6 Å². The highest BCUT2D eigenvalue weighted by Gasteiger charge is 2.12. The first-order valence-corrected chi connectivity index (χ1v) is 10.4. The average Bonchev–Trinajstić information content (AvgIpc) is 3.11. The van der Waals surface area contributed by atoms with E-state index < -0.39 is 10.0 Å². The van der Waals surface area contributed by atoms with Crippen molar-refractivity contribution in [1.29, 1.82) is 0 Å². The highest BCUT2D eigenvalue weighted by atomic mass is 127. The van der Waals surface area contributed by atoms with Crippen molar-refractivity contribution in [3.8, 4) is 0 Å². The molecule has 0 bridgehead atoms. The fourth-order valence-corrected chi connectivity index (χ4v) is 3.89. The van der Waals surface area contributed by atoms with Gasteiger partial charge in [0.15, 0.2) is 5.96 Å². The first-order chi connectivity index (χ1) is 12.0. The molecule has 0 spiro atoms. The molecule has 0 atom stereocenters. The summed E-state index contributed by atoms with van der Waals surface area (Å²) in [6.07, 6.45) is 0.929. The zero-order valence-electron chi connectivity index (χ0n) is 14.9. The highest BCUT2D eigenvalue weighted by Crippen LogP contribution is 2.09. The second-order valence-corrected chi connectivity index (χ2v) is 8.27. The molecule has 1 heterocycles. The van der Waals surface area contributed by atoms with Crippen LogP contribution in [0, 0.1) is 6.92 Å². The summed E-state index contributed by atoms with van der Waals surface area (Å²) in [5, 5.41) is 8.37. The van der Waals surface area contributed by atoms with E-state index in [9.17, 15) is 8.42 Å². The van der Waals surface area contributed by atoms with Crippen LogP contribution in [-0.4, -0.2) is 41.1 Å². The summed E-state index contributed by atoms with van der Waals surface area (Å²) in [5.41, 5.74) is 1.03. The predicted molar refractivity (Wildman–Crippen MR) is 119 cm³/mol. The van der Waals surface area contributed by atoms with Gasteiger partial charge in [0.1, 0.15) is 0 Å². The van der Waals surface area contributed by atoms with Crippen LogP contribution in [0.1, 0.15) is 10.4 Å². The van der Waals surface area contributed by atoms with E-state index in [1.807, 2.05) is 13.0 Å². The average molecular weight is 508 g/mol. The lowest BCUT2D eigenvalue weighted by molar-refractivity contribution is 0.580. The largest absolute Gasteiger partial charge is 0.356 e. The summed E-state index contributed by atoms with van der Waals surface area (Å²) in [6.45, 7) is 3.42. The van der Waals surface area contributed by atoms with Crippen LogP contribution in [0.5, 0.6) is 0 Å². The number of guanidine groups is 1. The molecule has 2 rings (SSSR count). The molecule has 3 N–H and O–H groups in total. The third kappa shape index (κ3) is 7.60. The highest BCUT2D eigenvalue weighted by molar-refractivity contribution is 14.0. The van der Waals surface area contributed by atoms with Gasteiger partial charge in [-0.25, -0.2) is 13.1 Å². The molecule has 0 aliphatic rings. The van der Waals surface area contributed by atoms with E-state index in [4.69, 9.17) is 0 Å². The van der Waals surface area contributed by atoms with Gasteiger partial charge in [-0.3, -0.25) is 4.99 Å². The second kappa shape index (κ2) is 11.5. The van der Waals surface area contributed by atoms with Crippen LogP contribution >= 0.6 is 35.3 Å². The predicted octanol–water partition coefficient (Wildman–Crippen LogP) is 2.36. The molecule has 0 fully saturated rings. The number of nitrogens with zero attached hydrogens (tertiary/aromatic N) is 1. The summed E-state index contributed by atoms with van der Waals surface area (Å²) in [6, 6.07) is 10.9. The lowest BCUT2D eigenvalue weighted by atomic mass is 10.2. The van der Waals surface area contributed by atoms with E-state index >= 15 is 0 Å². The monoisotopic (exact) mass is 508 g/mol. The van der Waals surface area contributed by atoms with Gasteiger partial charge in [0, 0.05) is 31.6 Å². The molecule has 0 unspecified atom stereocenters. The Bertz CT molecular complexity index is 776. The maximum atomic E-state index is 12.2. The van der Waals surface area contributed by atoms with Crippen molar-refractivity contribution in [2.75, 3.05) is 26.7 Å². The fraction of sp³-hybridized carbons (Fsp3) is 0.353. The Morgan fingerprint density at radius 1 is 1.08 bits per heavy atom. The number of hydrogen-bond donors (Lipinski definition) is 3. The van der Waals surface area contributed by atoms with E-state index in [0.717, 1.165) is 18.5 Å². The number of hydrogen-bond acceptors (Lipinski definition) is 4. The fourth-order valence-electron chi connectivity index (χ4n) is 2.15. The number of aliphatic imine (C=N–C) groups is 1. The molecule has 0 saturated carbocycles. The van der Waals surface area contributed by atoms with Gasteiger partial charge in [-0.1, -0.05) is 23.8 Å². The second-order valence-electron chi connectivity index (χ2n) is 5.47. The van der Waals surface area contributed by atoms with E-state index in [2.05, 4.69) is 31.8 Å². The Morgan fingerprint density at radius 3 is 2.38 bits per heavy atom. The number of thiophene rings is 1.